The normalized spacial score (nSPS) is 10.7. The van der Waals surface area contributed by atoms with E-state index in [1.165, 1.54) is 12.1 Å². The Balaban J connectivity index is 2.65. The van der Waals surface area contributed by atoms with Gasteiger partial charge in [0, 0.05) is 18.4 Å². The maximum atomic E-state index is 13.4. The molecule has 0 unspecified atom stereocenters. The molecule has 1 aromatic rings. The van der Waals surface area contributed by atoms with E-state index in [1.54, 1.807) is 6.07 Å². The number of hydrogen-bond donors (Lipinski definition) is 1. The predicted octanol–water partition coefficient (Wildman–Crippen LogP) is 0.358. The second-order valence-electron chi connectivity index (χ2n) is 3.76. The summed E-state index contributed by atoms with van der Waals surface area (Å²) in [7, 11) is -3.40. The summed E-state index contributed by atoms with van der Waals surface area (Å²) in [5.41, 5.74) is 0.370. The van der Waals surface area contributed by atoms with Gasteiger partial charge in [-0.3, -0.25) is 4.79 Å². The van der Waals surface area contributed by atoms with E-state index in [1.807, 2.05) is 0 Å². The number of sulfone groups is 1. The van der Waals surface area contributed by atoms with Crippen LogP contribution in [0, 0.1) is 17.1 Å². The third-order valence-electron chi connectivity index (χ3n) is 2.05. The third-order valence-corrected chi connectivity index (χ3v) is 2.84. The zero-order valence-electron chi connectivity index (χ0n) is 9.60. The minimum Gasteiger partial charge on any atom is -0.351 e. The smallest absolute Gasteiger partial charge is 0.235 e. The maximum Gasteiger partial charge on any atom is 0.235 e. The molecule has 0 radical (unpaired) electrons. The predicted molar refractivity (Wildman–Crippen MR) is 62.7 cm³/mol. The van der Waals surface area contributed by atoms with Crippen LogP contribution >= 0.6 is 0 Å². The van der Waals surface area contributed by atoms with Crippen molar-refractivity contribution in [2.24, 2.45) is 0 Å². The van der Waals surface area contributed by atoms with Crippen molar-refractivity contribution in [3.63, 3.8) is 0 Å². The average molecular weight is 270 g/mol. The zero-order chi connectivity index (χ0) is 13.8. The summed E-state index contributed by atoms with van der Waals surface area (Å²) in [5.74, 6) is -1.94. The number of rotatable bonds is 4. The molecule has 0 fully saturated rings. The highest BCUT2D eigenvalue weighted by Gasteiger charge is 2.11. The molecule has 5 nitrogen and oxygen atoms in total. The third kappa shape index (κ3) is 4.51. The summed E-state index contributed by atoms with van der Waals surface area (Å²) in [6.07, 6.45) is 0.939. The summed E-state index contributed by atoms with van der Waals surface area (Å²) in [6, 6.07) is 5.63. The topological polar surface area (TPSA) is 87.0 Å². The summed E-state index contributed by atoms with van der Waals surface area (Å²) in [4.78, 5) is 11.2. The van der Waals surface area contributed by atoms with Gasteiger partial charge in [-0.2, -0.15) is 5.26 Å². The van der Waals surface area contributed by atoms with Crippen LogP contribution in [-0.2, 0) is 21.2 Å². The van der Waals surface area contributed by atoms with E-state index in [2.05, 4.69) is 5.32 Å². The fraction of sp³-hybridized carbons (Fsp3) is 0.273. The molecule has 0 saturated heterocycles. The zero-order valence-corrected chi connectivity index (χ0v) is 10.4. The van der Waals surface area contributed by atoms with Gasteiger partial charge in [0.1, 0.15) is 11.6 Å². The van der Waals surface area contributed by atoms with Crippen LogP contribution in [0.4, 0.5) is 4.39 Å². The molecule has 0 spiro atoms. The number of nitrogens with one attached hydrogen (secondary N) is 1. The minimum absolute atomic E-state index is 0.119. The van der Waals surface area contributed by atoms with Crippen molar-refractivity contribution >= 4 is 15.7 Å². The molecule has 18 heavy (non-hydrogen) atoms. The van der Waals surface area contributed by atoms with Gasteiger partial charge in [-0.25, -0.2) is 12.8 Å². The monoisotopic (exact) mass is 270 g/mol. The first-order valence-electron chi connectivity index (χ1n) is 4.95. The second kappa shape index (κ2) is 5.60. The van der Waals surface area contributed by atoms with Crippen molar-refractivity contribution in [2.75, 3.05) is 12.0 Å². The number of amides is 1. The maximum absolute atomic E-state index is 13.4. The Labute approximate surface area is 104 Å². The Hall–Kier alpha value is -1.94. The molecule has 1 amide bonds. The van der Waals surface area contributed by atoms with E-state index in [9.17, 15) is 17.6 Å². The molecule has 0 saturated carbocycles. The van der Waals surface area contributed by atoms with Crippen LogP contribution < -0.4 is 5.32 Å². The van der Waals surface area contributed by atoms with Crippen LogP contribution in [0.25, 0.3) is 0 Å². The van der Waals surface area contributed by atoms with Crippen LogP contribution in [0.5, 0.6) is 0 Å². The van der Waals surface area contributed by atoms with Gasteiger partial charge in [0.05, 0.1) is 11.6 Å². The van der Waals surface area contributed by atoms with Crippen molar-refractivity contribution < 1.29 is 17.6 Å². The molecule has 1 rings (SSSR count). The molecule has 0 aliphatic heterocycles. The van der Waals surface area contributed by atoms with Crippen LogP contribution in [0.3, 0.4) is 0 Å². The van der Waals surface area contributed by atoms with Gasteiger partial charge >= 0.3 is 0 Å². The highest BCUT2D eigenvalue weighted by Crippen LogP contribution is 2.09. The Morgan fingerprint density at radius 1 is 1.50 bits per heavy atom. The van der Waals surface area contributed by atoms with Crippen molar-refractivity contribution in [1.29, 1.82) is 5.26 Å². The van der Waals surface area contributed by atoms with Crippen LogP contribution in [0.2, 0.25) is 0 Å². The molecular weight excluding hydrogens is 259 g/mol. The molecule has 0 aliphatic rings. The molecular formula is C11H11FN2O3S. The molecule has 0 heterocycles. The van der Waals surface area contributed by atoms with Crippen molar-refractivity contribution in [3.8, 4) is 6.07 Å². The Kier molecular flexibility index (Phi) is 4.39. The molecule has 0 bridgehead atoms. The van der Waals surface area contributed by atoms with Gasteiger partial charge in [0.2, 0.25) is 5.91 Å². The number of benzene rings is 1. The summed E-state index contributed by atoms with van der Waals surface area (Å²) in [6.45, 7) is -0.119. The number of hydrogen-bond acceptors (Lipinski definition) is 4. The fourth-order valence-corrected chi connectivity index (χ4v) is 1.82. The van der Waals surface area contributed by atoms with E-state index >= 15 is 0 Å². The second-order valence-corrected chi connectivity index (χ2v) is 5.90. The highest BCUT2D eigenvalue weighted by molar-refractivity contribution is 7.91. The largest absolute Gasteiger partial charge is 0.351 e. The standard InChI is InChI=1S/C11H11FN2O3S/c1-18(16,17)7-11(15)14-6-9-3-2-8(5-13)4-10(9)12/h2-4H,6-7H2,1H3,(H,14,15). The molecule has 96 valence electrons. The van der Waals surface area contributed by atoms with E-state index in [-0.39, 0.29) is 17.7 Å². The van der Waals surface area contributed by atoms with Gasteiger partial charge in [-0.1, -0.05) is 6.07 Å². The molecule has 0 aliphatic carbocycles. The lowest BCUT2D eigenvalue weighted by atomic mass is 10.1. The van der Waals surface area contributed by atoms with Gasteiger partial charge < -0.3 is 5.32 Å². The quantitative estimate of drug-likeness (QED) is 0.855. The number of carbonyl (C=O) groups is 1. The number of nitrogens with zero attached hydrogens (tertiary/aromatic N) is 1. The Bertz CT molecular complexity index is 605. The van der Waals surface area contributed by atoms with E-state index in [4.69, 9.17) is 5.26 Å². The van der Waals surface area contributed by atoms with E-state index in [0.29, 0.717) is 0 Å². The lowest BCUT2D eigenvalue weighted by Gasteiger charge is -2.05. The summed E-state index contributed by atoms with van der Waals surface area (Å²) in [5, 5.41) is 10.8. The molecule has 0 aromatic heterocycles. The lowest BCUT2D eigenvalue weighted by molar-refractivity contribution is -0.118. The summed E-state index contributed by atoms with van der Waals surface area (Å²) < 4.78 is 35.1. The van der Waals surface area contributed by atoms with Crippen LogP contribution in [0.15, 0.2) is 18.2 Å². The van der Waals surface area contributed by atoms with E-state index < -0.39 is 27.3 Å². The van der Waals surface area contributed by atoms with E-state index in [0.717, 1.165) is 12.3 Å². The number of nitriles is 1. The lowest BCUT2D eigenvalue weighted by Crippen LogP contribution is -2.29. The molecule has 0 atom stereocenters. The highest BCUT2D eigenvalue weighted by atomic mass is 32.2. The first kappa shape index (κ1) is 14.1. The average Bonchev–Trinajstić information content (AvgIpc) is 2.25. The minimum atomic E-state index is -3.40. The SMILES string of the molecule is CS(=O)(=O)CC(=O)NCc1ccc(C#N)cc1F. The first-order chi connectivity index (χ1) is 8.31. The molecule has 7 heteroatoms. The summed E-state index contributed by atoms with van der Waals surface area (Å²) >= 11 is 0. The Morgan fingerprint density at radius 2 is 2.17 bits per heavy atom. The first-order valence-corrected chi connectivity index (χ1v) is 7.01. The van der Waals surface area contributed by atoms with Crippen molar-refractivity contribution in [1.82, 2.24) is 5.32 Å². The van der Waals surface area contributed by atoms with Gasteiger partial charge in [0.15, 0.2) is 9.84 Å². The fourth-order valence-electron chi connectivity index (χ4n) is 1.24. The Morgan fingerprint density at radius 3 is 2.67 bits per heavy atom. The molecule has 1 N–H and O–H groups in total. The van der Waals surface area contributed by atoms with Gasteiger partial charge in [0.25, 0.3) is 0 Å². The molecule has 1 aromatic carbocycles. The van der Waals surface area contributed by atoms with Crippen molar-refractivity contribution in [3.05, 3.63) is 35.1 Å². The van der Waals surface area contributed by atoms with Gasteiger partial charge in [-0.15, -0.1) is 0 Å². The van der Waals surface area contributed by atoms with Gasteiger partial charge in [-0.05, 0) is 12.1 Å². The van der Waals surface area contributed by atoms with Crippen molar-refractivity contribution in [2.45, 2.75) is 6.54 Å². The number of carbonyl (C=O) groups excluding carboxylic acids is 1. The number of halogens is 1. The van der Waals surface area contributed by atoms with Crippen LogP contribution in [0.1, 0.15) is 11.1 Å². The van der Waals surface area contributed by atoms with Crippen LogP contribution in [-0.4, -0.2) is 26.3 Å².